The quantitative estimate of drug-likeness (QED) is 0.767. The van der Waals surface area contributed by atoms with Crippen molar-refractivity contribution in [2.24, 2.45) is 10.2 Å². The van der Waals surface area contributed by atoms with Gasteiger partial charge in [-0.3, -0.25) is 0 Å². The maximum absolute atomic E-state index is 11.2. The summed E-state index contributed by atoms with van der Waals surface area (Å²) in [7, 11) is 0. The first-order chi connectivity index (χ1) is 11.1. The average Bonchev–Trinajstić information content (AvgIpc) is 2.55. The molecule has 0 unspecified atom stereocenters. The molecule has 0 amide bonds. The number of nitrogens with zero attached hydrogens (tertiary/aromatic N) is 3. The number of anilines is 1. The van der Waals surface area contributed by atoms with E-state index in [-0.39, 0.29) is 5.56 Å². The van der Waals surface area contributed by atoms with Crippen LogP contribution in [0.4, 0.5) is 17.1 Å². The fourth-order valence-electron chi connectivity index (χ4n) is 2.39. The van der Waals surface area contributed by atoms with Crippen LogP contribution in [0.1, 0.15) is 29.8 Å². The number of hydrogen-bond acceptors (Lipinski definition) is 4. The molecule has 0 spiro atoms. The van der Waals surface area contributed by atoms with Gasteiger partial charge >= 0.3 is 5.97 Å². The second kappa shape index (κ2) is 7.54. The number of rotatable bonds is 6. The van der Waals surface area contributed by atoms with Gasteiger partial charge in [-0.05, 0) is 56.7 Å². The minimum Gasteiger partial charge on any atom is -0.478 e. The van der Waals surface area contributed by atoms with Gasteiger partial charge in [0.1, 0.15) is 5.69 Å². The molecule has 2 aromatic carbocycles. The van der Waals surface area contributed by atoms with E-state index in [9.17, 15) is 4.79 Å². The molecule has 1 N–H and O–H groups in total. The predicted molar refractivity (Wildman–Crippen MR) is 92.3 cm³/mol. The van der Waals surface area contributed by atoms with Crippen molar-refractivity contribution >= 4 is 23.0 Å². The molecule has 0 aliphatic carbocycles. The summed E-state index contributed by atoms with van der Waals surface area (Å²) >= 11 is 0. The Kier molecular flexibility index (Phi) is 5.46. The molecule has 120 valence electrons. The molecule has 0 heterocycles. The Morgan fingerprint density at radius 1 is 1.04 bits per heavy atom. The molecular weight excluding hydrogens is 290 g/mol. The first-order valence-corrected chi connectivity index (χ1v) is 7.66. The van der Waals surface area contributed by atoms with E-state index in [1.165, 1.54) is 6.07 Å². The normalized spacial score (nSPS) is 10.9. The maximum Gasteiger partial charge on any atom is 0.337 e. The lowest BCUT2D eigenvalue weighted by Crippen LogP contribution is -2.21. The monoisotopic (exact) mass is 311 g/mol. The fraction of sp³-hybridized carbons (Fsp3) is 0.278. The number of carboxylic acids is 1. The van der Waals surface area contributed by atoms with Crippen LogP contribution in [0, 0.1) is 6.92 Å². The zero-order chi connectivity index (χ0) is 16.8. The van der Waals surface area contributed by atoms with Gasteiger partial charge in [0.25, 0.3) is 0 Å². The lowest BCUT2D eigenvalue weighted by Gasteiger charge is -2.21. The largest absolute Gasteiger partial charge is 0.478 e. The summed E-state index contributed by atoms with van der Waals surface area (Å²) in [5.41, 5.74) is 3.39. The van der Waals surface area contributed by atoms with E-state index in [2.05, 4.69) is 35.0 Å². The van der Waals surface area contributed by atoms with E-state index in [4.69, 9.17) is 5.11 Å². The van der Waals surface area contributed by atoms with Crippen LogP contribution in [-0.4, -0.2) is 24.2 Å². The highest BCUT2D eigenvalue weighted by atomic mass is 16.4. The maximum atomic E-state index is 11.2. The van der Waals surface area contributed by atoms with Gasteiger partial charge in [0.05, 0.1) is 11.3 Å². The van der Waals surface area contributed by atoms with Crippen LogP contribution in [0.25, 0.3) is 0 Å². The molecule has 0 saturated heterocycles. The molecule has 0 aliphatic heterocycles. The first kappa shape index (κ1) is 16.7. The van der Waals surface area contributed by atoms with Gasteiger partial charge in [0.15, 0.2) is 0 Å². The van der Waals surface area contributed by atoms with Crippen molar-refractivity contribution in [2.75, 3.05) is 18.0 Å². The zero-order valence-electron chi connectivity index (χ0n) is 13.7. The third-order valence-corrected chi connectivity index (χ3v) is 3.71. The Morgan fingerprint density at radius 3 is 2.30 bits per heavy atom. The standard InChI is InChI=1S/C18H21N3O2/c1-4-21(5-2)14-10-11-16(13(3)12-14)19-20-17-9-7-6-8-15(17)18(22)23/h6-12H,4-5H2,1-3H3,(H,22,23). The molecule has 2 aromatic rings. The number of carbonyl (C=O) groups is 1. The number of aryl methyl sites for hydroxylation is 1. The summed E-state index contributed by atoms with van der Waals surface area (Å²) in [4.78, 5) is 13.4. The lowest BCUT2D eigenvalue weighted by molar-refractivity contribution is 0.0698. The van der Waals surface area contributed by atoms with Gasteiger partial charge in [0.2, 0.25) is 0 Å². The van der Waals surface area contributed by atoms with Crippen LogP contribution in [0.5, 0.6) is 0 Å². The molecular formula is C18H21N3O2. The summed E-state index contributed by atoms with van der Waals surface area (Å²) in [6.07, 6.45) is 0. The first-order valence-electron chi connectivity index (χ1n) is 7.66. The van der Waals surface area contributed by atoms with Crippen LogP contribution >= 0.6 is 0 Å². The Bertz CT molecular complexity index is 722. The molecule has 5 heteroatoms. The summed E-state index contributed by atoms with van der Waals surface area (Å²) in [6.45, 7) is 8.11. The Labute approximate surface area is 136 Å². The molecule has 0 saturated carbocycles. The smallest absolute Gasteiger partial charge is 0.337 e. The molecule has 5 nitrogen and oxygen atoms in total. The highest BCUT2D eigenvalue weighted by molar-refractivity contribution is 5.93. The van der Waals surface area contributed by atoms with E-state index in [1.54, 1.807) is 18.2 Å². The third-order valence-electron chi connectivity index (χ3n) is 3.71. The van der Waals surface area contributed by atoms with Gasteiger partial charge in [-0.1, -0.05) is 12.1 Å². The van der Waals surface area contributed by atoms with Crippen LogP contribution in [0.15, 0.2) is 52.7 Å². The molecule has 0 aromatic heterocycles. The summed E-state index contributed by atoms with van der Waals surface area (Å²) < 4.78 is 0. The molecule has 0 aliphatic rings. The van der Waals surface area contributed by atoms with Crippen LogP contribution in [0.2, 0.25) is 0 Å². The van der Waals surface area contributed by atoms with Crippen molar-refractivity contribution in [2.45, 2.75) is 20.8 Å². The van der Waals surface area contributed by atoms with E-state index in [0.29, 0.717) is 5.69 Å². The van der Waals surface area contributed by atoms with Crippen molar-refractivity contribution in [3.05, 3.63) is 53.6 Å². The zero-order valence-corrected chi connectivity index (χ0v) is 13.7. The predicted octanol–water partition coefficient (Wildman–Crippen LogP) is 4.95. The van der Waals surface area contributed by atoms with Gasteiger partial charge < -0.3 is 10.0 Å². The molecule has 23 heavy (non-hydrogen) atoms. The molecule has 0 bridgehead atoms. The highest BCUT2D eigenvalue weighted by Gasteiger charge is 2.09. The number of azo groups is 1. The number of benzene rings is 2. The average molecular weight is 311 g/mol. The van der Waals surface area contributed by atoms with Gasteiger partial charge in [-0.25, -0.2) is 4.79 Å². The summed E-state index contributed by atoms with van der Waals surface area (Å²) in [6, 6.07) is 12.6. The number of hydrogen-bond donors (Lipinski definition) is 1. The van der Waals surface area contributed by atoms with Gasteiger partial charge in [-0.15, -0.1) is 5.11 Å². The number of aromatic carboxylic acids is 1. The van der Waals surface area contributed by atoms with Crippen molar-refractivity contribution < 1.29 is 9.90 Å². The van der Waals surface area contributed by atoms with Crippen molar-refractivity contribution in [1.82, 2.24) is 0 Å². The fourth-order valence-corrected chi connectivity index (χ4v) is 2.39. The SMILES string of the molecule is CCN(CC)c1ccc(N=Nc2ccccc2C(=O)O)c(C)c1. The molecule has 0 radical (unpaired) electrons. The minimum atomic E-state index is -1.01. The van der Waals surface area contributed by atoms with Crippen LogP contribution in [0.3, 0.4) is 0 Å². The lowest BCUT2D eigenvalue weighted by atomic mass is 10.1. The van der Waals surface area contributed by atoms with E-state index in [0.717, 1.165) is 30.0 Å². The Morgan fingerprint density at radius 2 is 1.70 bits per heavy atom. The third kappa shape index (κ3) is 3.94. The second-order valence-corrected chi connectivity index (χ2v) is 5.17. The minimum absolute atomic E-state index is 0.147. The van der Waals surface area contributed by atoms with Crippen molar-refractivity contribution in [1.29, 1.82) is 0 Å². The Hall–Kier alpha value is -2.69. The molecule has 0 atom stereocenters. The van der Waals surface area contributed by atoms with Crippen molar-refractivity contribution in [3.8, 4) is 0 Å². The Balaban J connectivity index is 2.29. The highest BCUT2D eigenvalue weighted by Crippen LogP contribution is 2.27. The topological polar surface area (TPSA) is 65.3 Å². The van der Waals surface area contributed by atoms with E-state index in [1.807, 2.05) is 19.1 Å². The van der Waals surface area contributed by atoms with Crippen LogP contribution < -0.4 is 4.90 Å². The number of carboxylic acid groups (broad SMARTS) is 1. The van der Waals surface area contributed by atoms with Gasteiger partial charge in [0, 0.05) is 18.8 Å². The van der Waals surface area contributed by atoms with Crippen LogP contribution in [-0.2, 0) is 0 Å². The summed E-state index contributed by atoms with van der Waals surface area (Å²) in [5, 5.41) is 17.5. The van der Waals surface area contributed by atoms with Crippen molar-refractivity contribution in [3.63, 3.8) is 0 Å². The molecule has 0 fully saturated rings. The second-order valence-electron chi connectivity index (χ2n) is 5.17. The van der Waals surface area contributed by atoms with E-state index >= 15 is 0 Å². The van der Waals surface area contributed by atoms with E-state index < -0.39 is 5.97 Å². The molecule has 2 rings (SSSR count). The van der Waals surface area contributed by atoms with Gasteiger partial charge in [-0.2, -0.15) is 5.11 Å². The summed E-state index contributed by atoms with van der Waals surface area (Å²) in [5.74, 6) is -1.01.